The van der Waals surface area contributed by atoms with Crippen LogP contribution in [-0.2, 0) is 9.59 Å². The lowest BCUT2D eigenvalue weighted by Gasteiger charge is -2.45. The van der Waals surface area contributed by atoms with Crippen molar-refractivity contribution in [2.24, 2.45) is 11.8 Å². The van der Waals surface area contributed by atoms with Crippen LogP contribution in [-0.4, -0.2) is 40.1 Å². The Morgan fingerprint density at radius 1 is 0.683 bits per heavy atom. The maximum Gasteiger partial charge on any atom is 0.273 e. The second kappa shape index (κ2) is 9.79. The van der Waals surface area contributed by atoms with Crippen molar-refractivity contribution in [3.63, 3.8) is 0 Å². The predicted octanol–water partition coefficient (Wildman–Crippen LogP) is 6.23. The first-order chi connectivity index (χ1) is 19.8. The summed E-state index contributed by atoms with van der Waals surface area (Å²) in [4.78, 5) is 56.1. The quantitative estimate of drug-likeness (QED) is 0.195. The van der Waals surface area contributed by atoms with Gasteiger partial charge in [0.1, 0.15) is 6.54 Å². The highest BCUT2D eigenvalue weighted by molar-refractivity contribution is 9.10. The van der Waals surface area contributed by atoms with Crippen molar-refractivity contribution in [1.82, 2.24) is 10.0 Å². The Hall–Kier alpha value is -4.07. The molecule has 2 atom stereocenters. The molecule has 0 N–H and O–H groups in total. The van der Waals surface area contributed by atoms with Gasteiger partial charge in [-0.1, -0.05) is 88.2 Å². The smallest absolute Gasteiger partial charge is 0.273 e. The SMILES string of the molecule is O=C(CN(C(=O)c1ccc(Cl)cc1)N1C(=O)[C@@H]2C3c4ccccc4C(c4ccccc43)[C@@H]2C1=O)c1ccc(Br)cc1. The van der Waals surface area contributed by atoms with Gasteiger partial charge in [0.15, 0.2) is 5.78 Å². The molecule has 4 aliphatic rings. The number of carbonyl (C=O) groups is 4. The molecule has 0 radical (unpaired) electrons. The number of ketones is 1. The third kappa shape index (κ3) is 3.98. The molecule has 1 aliphatic heterocycles. The number of Topliss-reactive ketones (excluding diaryl/α,β-unsaturated/α-hetero) is 1. The molecular weight excluding hydrogens is 604 g/mol. The predicted molar refractivity (Wildman–Crippen MR) is 156 cm³/mol. The topological polar surface area (TPSA) is 74.8 Å². The van der Waals surface area contributed by atoms with Crippen LogP contribution in [0.4, 0.5) is 0 Å². The largest absolute Gasteiger partial charge is 0.292 e. The molecule has 0 spiro atoms. The first-order valence-electron chi connectivity index (χ1n) is 13.3. The Morgan fingerprint density at radius 3 is 1.59 bits per heavy atom. The molecular formula is C33H22BrClN2O4. The van der Waals surface area contributed by atoms with Crippen LogP contribution in [0.2, 0.25) is 5.02 Å². The zero-order valence-corrected chi connectivity index (χ0v) is 23.9. The average molecular weight is 626 g/mol. The number of halogens is 2. The molecule has 8 rings (SSSR count). The van der Waals surface area contributed by atoms with E-state index < -0.39 is 41.9 Å². The van der Waals surface area contributed by atoms with Crippen LogP contribution in [0.5, 0.6) is 0 Å². The first kappa shape index (κ1) is 25.9. The molecule has 3 aliphatic carbocycles. The van der Waals surface area contributed by atoms with Gasteiger partial charge in [0, 0.05) is 32.5 Å². The minimum absolute atomic E-state index is 0.211. The highest BCUT2D eigenvalue weighted by Gasteiger charge is 2.63. The van der Waals surface area contributed by atoms with Gasteiger partial charge in [0.25, 0.3) is 17.7 Å². The molecule has 0 aromatic heterocycles. The number of hydrogen-bond acceptors (Lipinski definition) is 4. The number of imide groups is 1. The molecule has 41 heavy (non-hydrogen) atoms. The van der Waals surface area contributed by atoms with Gasteiger partial charge in [-0.15, -0.1) is 0 Å². The fourth-order valence-electron chi connectivity index (χ4n) is 6.74. The second-order valence-electron chi connectivity index (χ2n) is 10.6. The molecule has 4 aromatic carbocycles. The van der Waals surface area contributed by atoms with Crippen LogP contribution in [0.1, 0.15) is 54.8 Å². The van der Waals surface area contributed by atoms with E-state index in [1.807, 2.05) is 48.5 Å². The minimum Gasteiger partial charge on any atom is -0.292 e. The van der Waals surface area contributed by atoms with E-state index in [9.17, 15) is 19.2 Å². The standard InChI is InChI=1S/C33H22BrClN2O4/c34-20-13-9-18(10-14-20)26(38)17-36(31(39)19-11-15-21(35)16-12-19)37-32(40)29-27-22-5-1-2-6-23(22)28(30(29)33(37)41)25-8-4-3-7-24(25)27/h1-16,27-30H,17H2/t27?,28?,29-,30+. The Morgan fingerprint density at radius 2 is 1.12 bits per heavy atom. The summed E-state index contributed by atoms with van der Waals surface area (Å²) in [5.74, 6) is -3.97. The van der Waals surface area contributed by atoms with Crippen molar-refractivity contribution in [2.45, 2.75) is 11.8 Å². The summed E-state index contributed by atoms with van der Waals surface area (Å²) in [7, 11) is 0. The van der Waals surface area contributed by atoms with Crippen LogP contribution in [0.15, 0.2) is 102 Å². The van der Waals surface area contributed by atoms with E-state index in [0.29, 0.717) is 10.6 Å². The van der Waals surface area contributed by atoms with Gasteiger partial charge in [-0.3, -0.25) is 19.2 Å². The lowest BCUT2D eigenvalue weighted by molar-refractivity contribution is -0.154. The van der Waals surface area contributed by atoms with Gasteiger partial charge in [0.2, 0.25) is 0 Å². The minimum atomic E-state index is -0.680. The Balaban J connectivity index is 1.33. The number of hydrogen-bond donors (Lipinski definition) is 0. The molecule has 1 heterocycles. The molecule has 1 fully saturated rings. The maximum atomic E-state index is 14.3. The van der Waals surface area contributed by atoms with Gasteiger partial charge >= 0.3 is 0 Å². The summed E-state index contributed by atoms with van der Waals surface area (Å²) < 4.78 is 0.798. The number of rotatable bonds is 5. The Labute approximate surface area is 249 Å². The van der Waals surface area contributed by atoms with Crippen molar-refractivity contribution in [2.75, 3.05) is 6.54 Å². The Kier molecular flexibility index (Phi) is 6.17. The third-order valence-electron chi connectivity index (χ3n) is 8.45. The van der Waals surface area contributed by atoms with Crippen LogP contribution >= 0.6 is 27.5 Å². The van der Waals surface area contributed by atoms with Gasteiger partial charge in [-0.05, 0) is 58.7 Å². The monoisotopic (exact) mass is 624 g/mol. The summed E-state index contributed by atoms with van der Waals surface area (Å²) >= 11 is 9.42. The van der Waals surface area contributed by atoms with E-state index >= 15 is 0 Å². The van der Waals surface area contributed by atoms with E-state index in [2.05, 4.69) is 15.9 Å². The van der Waals surface area contributed by atoms with E-state index in [0.717, 1.165) is 36.7 Å². The van der Waals surface area contributed by atoms with Crippen molar-refractivity contribution in [3.8, 4) is 0 Å². The number of nitrogens with zero attached hydrogens (tertiary/aromatic N) is 2. The molecule has 6 nitrogen and oxygen atoms in total. The second-order valence-corrected chi connectivity index (χ2v) is 11.9. The number of benzene rings is 4. The average Bonchev–Trinajstić information content (AvgIpc) is 3.26. The van der Waals surface area contributed by atoms with Crippen LogP contribution in [0.25, 0.3) is 0 Å². The van der Waals surface area contributed by atoms with Crippen molar-refractivity contribution in [1.29, 1.82) is 0 Å². The lowest BCUT2D eigenvalue weighted by Crippen LogP contribution is -2.52. The lowest BCUT2D eigenvalue weighted by atomic mass is 9.55. The molecule has 0 saturated carbocycles. The molecule has 3 amide bonds. The van der Waals surface area contributed by atoms with Crippen LogP contribution < -0.4 is 0 Å². The van der Waals surface area contributed by atoms with Crippen molar-refractivity contribution in [3.05, 3.63) is 140 Å². The van der Waals surface area contributed by atoms with Gasteiger partial charge < -0.3 is 0 Å². The zero-order valence-electron chi connectivity index (χ0n) is 21.5. The fraction of sp³-hybridized carbons (Fsp3) is 0.152. The molecule has 4 aromatic rings. The summed E-state index contributed by atoms with van der Waals surface area (Å²) in [5, 5.41) is 2.40. The summed E-state index contributed by atoms with van der Waals surface area (Å²) in [6.45, 7) is -0.477. The van der Waals surface area contributed by atoms with Crippen LogP contribution in [0.3, 0.4) is 0 Å². The summed E-state index contributed by atoms with van der Waals surface area (Å²) in [5.41, 5.74) is 4.69. The van der Waals surface area contributed by atoms with E-state index in [4.69, 9.17) is 11.6 Å². The summed E-state index contributed by atoms with van der Waals surface area (Å²) in [6.07, 6.45) is 0. The van der Waals surface area contributed by atoms with Crippen molar-refractivity contribution < 1.29 is 19.2 Å². The molecule has 0 unspecified atom stereocenters. The van der Waals surface area contributed by atoms with Gasteiger partial charge in [0.05, 0.1) is 11.8 Å². The molecule has 202 valence electrons. The van der Waals surface area contributed by atoms with Gasteiger partial charge in [-0.25, -0.2) is 5.01 Å². The highest BCUT2D eigenvalue weighted by Crippen LogP contribution is 2.61. The number of hydrazine groups is 1. The third-order valence-corrected chi connectivity index (χ3v) is 9.23. The number of amides is 3. The van der Waals surface area contributed by atoms with Gasteiger partial charge in [-0.2, -0.15) is 5.01 Å². The molecule has 1 saturated heterocycles. The van der Waals surface area contributed by atoms with E-state index in [1.54, 1.807) is 36.4 Å². The normalized spacial score (nSPS) is 21.8. The Bertz CT molecular complexity index is 1640. The fourth-order valence-corrected chi connectivity index (χ4v) is 7.13. The molecule has 2 bridgehead atoms. The molecule has 8 heteroatoms. The van der Waals surface area contributed by atoms with Crippen molar-refractivity contribution >= 4 is 51.0 Å². The highest BCUT2D eigenvalue weighted by atomic mass is 79.9. The zero-order chi connectivity index (χ0) is 28.4. The van der Waals surface area contributed by atoms with Crippen LogP contribution in [0, 0.1) is 11.8 Å². The summed E-state index contributed by atoms with van der Waals surface area (Å²) in [6, 6.07) is 28.8. The first-order valence-corrected chi connectivity index (χ1v) is 14.4. The number of carbonyl (C=O) groups excluding carboxylic acids is 4. The maximum absolute atomic E-state index is 14.3. The van der Waals surface area contributed by atoms with E-state index in [-0.39, 0.29) is 17.4 Å². The van der Waals surface area contributed by atoms with E-state index in [1.165, 1.54) is 12.1 Å².